The molecule has 1 aromatic rings. The van der Waals surface area contributed by atoms with Crippen LogP contribution < -0.4 is 4.57 Å². The molecule has 96 valence electrons. The Morgan fingerprint density at radius 3 is 2.94 bits per heavy atom. The fraction of sp³-hybridized carbons (Fsp3) is 0.667. The van der Waals surface area contributed by atoms with E-state index in [2.05, 4.69) is 15.5 Å². The van der Waals surface area contributed by atoms with E-state index < -0.39 is 5.97 Å². The predicted octanol–water partition coefficient (Wildman–Crippen LogP) is 1.07. The van der Waals surface area contributed by atoms with Crippen LogP contribution in [0.2, 0.25) is 0 Å². The number of methoxy groups -OCH3 is 1. The average Bonchev–Trinajstić information content (AvgIpc) is 2.73. The number of aryl methyl sites for hydroxylation is 1. The second-order valence-corrected chi connectivity index (χ2v) is 4.09. The van der Waals surface area contributed by atoms with Crippen molar-refractivity contribution in [1.82, 2.24) is 4.57 Å². The van der Waals surface area contributed by atoms with Gasteiger partial charge in [0.1, 0.15) is 18.9 Å². The van der Waals surface area contributed by atoms with Crippen molar-refractivity contribution in [3.8, 4) is 0 Å². The van der Waals surface area contributed by atoms with Crippen LogP contribution in [0.1, 0.15) is 25.7 Å². The molecule has 5 nitrogen and oxygen atoms in total. The molecule has 0 aliphatic rings. The summed E-state index contributed by atoms with van der Waals surface area (Å²) in [6, 6.07) is 0. The summed E-state index contributed by atoms with van der Waals surface area (Å²) < 4.78 is 9.21. The summed E-state index contributed by atoms with van der Waals surface area (Å²) in [5.41, 5.74) is 0. The molecule has 0 aliphatic carbocycles. The molecule has 0 radical (unpaired) electrons. The minimum atomic E-state index is -0.705. The van der Waals surface area contributed by atoms with Crippen molar-refractivity contribution in [3.05, 3.63) is 18.7 Å². The lowest BCUT2D eigenvalue weighted by Crippen LogP contribution is -2.31. The van der Waals surface area contributed by atoms with Gasteiger partial charge in [0.05, 0.1) is 13.2 Å². The Morgan fingerprint density at radius 2 is 2.24 bits per heavy atom. The van der Waals surface area contributed by atoms with E-state index in [9.17, 15) is 4.79 Å². The molecule has 5 heteroatoms. The molecule has 1 aromatic heterocycles. The van der Waals surface area contributed by atoms with Crippen LogP contribution in [0.15, 0.2) is 18.7 Å². The lowest BCUT2D eigenvalue weighted by Gasteiger charge is -1.97. The summed E-state index contributed by atoms with van der Waals surface area (Å²) in [5.74, 6) is -0.705. The highest BCUT2D eigenvalue weighted by Gasteiger charge is 2.03. The second kappa shape index (κ2) is 7.84. The number of hydrogen-bond donors (Lipinski definition) is 1. The summed E-state index contributed by atoms with van der Waals surface area (Å²) in [7, 11) is 1.69. The van der Waals surface area contributed by atoms with Crippen molar-refractivity contribution >= 4 is 5.97 Å². The summed E-state index contributed by atoms with van der Waals surface area (Å²) in [5, 5.41) is 8.50. The van der Waals surface area contributed by atoms with Gasteiger partial charge in [-0.05, 0) is 19.3 Å². The quantitative estimate of drug-likeness (QED) is 0.519. The second-order valence-electron chi connectivity index (χ2n) is 4.09. The van der Waals surface area contributed by atoms with Crippen molar-refractivity contribution < 1.29 is 19.2 Å². The average molecular weight is 241 g/mol. The van der Waals surface area contributed by atoms with Gasteiger partial charge in [-0.15, -0.1) is 0 Å². The molecule has 1 rings (SSSR count). The molecule has 0 saturated heterocycles. The zero-order valence-corrected chi connectivity index (χ0v) is 10.3. The summed E-state index contributed by atoms with van der Waals surface area (Å²) >= 11 is 0. The first-order valence-corrected chi connectivity index (χ1v) is 5.98. The maximum Gasteiger partial charge on any atom is 0.303 e. The fourth-order valence-corrected chi connectivity index (χ4v) is 1.65. The van der Waals surface area contributed by atoms with Crippen LogP contribution in [-0.4, -0.2) is 29.4 Å². The molecule has 1 heterocycles. The number of unbranched alkanes of at least 4 members (excludes halogenated alkanes) is 2. The van der Waals surface area contributed by atoms with Gasteiger partial charge < -0.3 is 9.84 Å². The number of hydrogen-bond acceptors (Lipinski definition) is 2. The maximum atomic E-state index is 10.3. The van der Waals surface area contributed by atoms with E-state index in [4.69, 9.17) is 9.84 Å². The van der Waals surface area contributed by atoms with Crippen molar-refractivity contribution in [2.75, 3.05) is 13.7 Å². The number of nitrogens with zero attached hydrogens (tertiary/aromatic N) is 2. The monoisotopic (exact) mass is 241 g/mol. The van der Waals surface area contributed by atoms with Crippen molar-refractivity contribution in [2.24, 2.45) is 0 Å². The molecule has 0 aliphatic heterocycles. The van der Waals surface area contributed by atoms with Gasteiger partial charge in [0.2, 0.25) is 6.33 Å². The number of rotatable bonds is 9. The van der Waals surface area contributed by atoms with Crippen LogP contribution >= 0.6 is 0 Å². The molecule has 0 atom stereocenters. The summed E-state index contributed by atoms with van der Waals surface area (Å²) in [6.07, 6.45) is 9.13. The number of carboxylic acid groups (broad SMARTS) is 1. The molecule has 0 amide bonds. The van der Waals surface area contributed by atoms with Crippen LogP contribution in [-0.2, 0) is 22.6 Å². The first-order chi connectivity index (χ1) is 8.22. The van der Waals surface area contributed by atoms with Crippen molar-refractivity contribution in [1.29, 1.82) is 0 Å². The van der Waals surface area contributed by atoms with E-state index in [0.29, 0.717) is 6.61 Å². The molecule has 0 bridgehead atoms. The lowest BCUT2D eigenvalue weighted by atomic mass is 10.2. The number of imidazole rings is 1. The Bertz CT molecular complexity index is 336. The van der Waals surface area contributed by atoms with Gasteiger partial charge in [0, 0.05) is 13.5 Å². The van der Waals surface area contributed by atoms with E-state index >= 15 is 0 Å². The van der Waals surface area contributed by atoms with Crippen LogP contribution in [0, 0.1) is 0 Å². The van der Waals surface area contributed by atoms with Crippen LogP contribution in [0.25, 0.3) is 0 Å². The summed E-state index contributed by atoms with van der Waals surface area (Å²) in [4.78, 5) is 10.3. The highest BCUT2D eigenvalue weighted by atomic mass is 16.5. The Balaban J connectivity index is 2.14. The van der Waals surface area contributed by atoms with Gasteiger partial charge in [-0.1, -0.05) is 0 Å². The SMILES string of the molecule is COCCn1cc[n+](CCCCCC(=O)O)c1. The van der Waals surface area contributed by atoms with Gasteiger partial charge in [0.15, 0.2) is 0 Å². The molecule has 0 spiro atoms. The molecule has 17 heavy (non-hydrogen) atoms. The smallest absolute Gasteiger partial charge is 0.303 e. The summed E-state index contributed by atoms with van der Waals surface area (Å²) in [6.45, 7) is 2.52. The zero-order valence-electron chi connectivity index (χ0n) is 10.3. The molecule has 1 N–H and O–H groups in total. The van der Waals surface area contributed by atoms with Gasteiger partial charge in [-0.3, -0.25) is 4.79 Å². The number of carbonyl (C=O) groups is 1. The Morgan fingerprint density at radius 1 is 1.41 bits per heavy atom. The van der Waals surface area contributed by atoms with Gasteiger partial charge in [0.25, 0.3) is 0 Å². The van der Waals surface area contributed by atoms with Crippen molar-refractivity contribution in [3.63, 3.8) is 0 Å². The third kappa shape index (κ3) is 6.06. The van der Waals surface area contributed by atoms with Crippen LogP contribution in [0.3, 0.4) is 0 Å². The van der Waals surface area contributed by atoms with Crippen LogP contribution in [0.5, 0.6) is 0 Å². The number of ether oxygens (including phenoxy) is 1. The standard InChI is InChI=1S/C12H20N2O3/c1-17-10-9-14-8-7-13(11-14)6-4-2-3-5-12(15)16/h7-8,11H,2-6,9-10H2,1H3/p+1. The third-order valence-electron chi connectivity index (χ3n) is 2.61. The van der Waals surface area contributed by atoms with E-state index in [1.807, 2.05) is 12.4 Å². The Kier molecular flexibility index (Phi) is 6.32. The highest BCUT2D eigenvalue weighted by molar-refractivity contribution is 5.66. The van der Waals surface area contributed by atoms with Crippen molar-refractivity contribution in [2.45, 2.75) is 38.8 Å². The zero-order chi connectivity index (χ0) is 12.5. The number of carboxylic acids is 1. The van der Waals surface area contributed by atoms with E-state index in [0.717, 1.165) is 32.4 Å². The molecule has 0 fully saturated rings. The number of aliphatic carboxylic acids is 1. The minimum Gasteiger partial charge on any atom is -0.481 e. The van der Waals surface area contributed by atoms with Crippen LogP contribution in [0.4, 0.5) is 0 Å². The fourth-order valence-electron chi connectivity index (χ4n) is 1.65. The molecular weight excluding hydrogens is 220 g/mol. The van der Waals surface area contributed by atoms with Gasteiger partial charge in [-0.25, -0.2) is 9.13 Å². The maximum absolute atomic E-state index is 10.3. The Labute approximate surface area is 102 Å². The topological polar surface area (TPSA) is 55.3 Å². The van der Waals surface area contributed by atoms with Gasteiger partial charge in [-0.2, -0.15) is 0 Å². The highest BCUT2D eigenvalue weighted by Crippen LogP contribution is 1.99. The third-order valence-corrected chi connectivity index (χ3v) is 2.61. The normalized spacial score (nSPS) is 10.6. The molecule has 0 unspecified atom stereocenters. The van der Waals surface area contributed by atoms with E-state index in [-0.39, 0.29) is 6.42 Å². The minimum absolute atomic E-state index is 0.277. The molecular formula is C12H21N2O3+. The van der Waals surface area contributed by atoms with Gasteiger partial charge >= 0.3 is 5.97 Å². The van der Waals surface area contributed by atoms with E-state index in [1.165, 1.54) is 0 Å². The number of aromatic nitrogens is 2. The predicted molar refractivity (Wildman–Crippen MR) is 62.6 cm³/mol. The first kappa shape index (κ1) is 13.7. The largest absolute Gasteiger partial charge is 0.481 e. The lowest BCUT2D eigenvalue weighted by molar-refractivity contribution is -0.696. The Hall–Kier alpha value is -1.36. The molecule has 0 aromatic carbocycles. The van der Waals surface area contributed by atoms with E-state index in [1.54, 1.807) is 7.11 Å². The first-order valence-electron chi connectivity index (χ1n) is 5.98. The molecule has 0 saturated carbocycles.